The Labute approximate surface area is 81.7 Å². The van der Waals surface area contributed by atoms with Gasteiger partial charge in [0.1, 0.15) is 18.2 Å². The third-order valence-corrected chi connectivity index (χ3v) is 1.16. The molecule has 0 heterocycles. The standard InChI is InChI=1S/C4H9NO2.C4H6O3/c1-2-3(5)4(6)7;1-3(5)2-4(6)7/h3H,2,5H2,1H3,(H,6,7);2H2,1H3,(H,6,7). The van der Waals surface area contributed by atoms with Crippen molar-refractivity contribution in [1.29, 1.82) is 0 Å². The summed E-state index contributed by atoms with van der Waals surface area (Å²) in [6.45, 7) is 2.98. The molecule has 0 rings (SSSR count). The highest BCUT2D eigenvalue weighted by molar-refractivity contribution is 5.93. The molecule has 0 aliphatic rings. The third kappa shape index (κ3) is 13.2. The number of nitrogens with two attached hydrogens (primary N) is 1. The number of ketones is 1. The van der Waals surface area contributed by atoms with Gasteiger partial charge < -0.3 is 15.9 Å². The number of aliphatic carboxylic acids is 2. The Kier molecular flexibility index (Phi) is 8.80. The number of carbonyl (C=O) groups excluding carboxylic acids is 1. The lowest BCUT2D eigenvalue weighted by Crippen LogP contribution is -2.28. The number of carbonyl (C=O) groups is 3. The van der Waals surface area contributed by atoms with Crippen LogP contribution in [0.1, 0.15) is 26.7 Å². The molecule has 0 amide bonds. The Morgan fingerprint density at radius 2 is 1.71 bits per heavy atom. The Balaban J connectivity index is 0. The van der Waals surface area contributed by atoms with Gasteiger partial charge in [0.2, 0.25) is 0 Å². The maximum absolute atomic E-state index is 9.87. The predicted molar refractivity (Wildman–Crippen MR) is 48.8 cm³/mol. The maximum atomic E-state index is 9.87. The van der Waals surface area contributed by atoms with Crippen LogP contribution in [-0.2, 0) is 14.4 Å². The fourth-order valence-electron chi connectivity index (χ4n) is 0.388. The lowest BCUT2D eigenvalue weighted by molar-refractivity contribution is -0.140. The highest BCUT2D eigenvalue weighted by atomic mass is 16.4. The van der Waals surface area contributed by atoms with Crippen molar-refractivity contribution in [2.75, 3.05) is 0 Å². The summed E-state index contributed by atoms with van der Waals surface area (Å²) in [4.78, 5) is 29.3. The highest BCUT2D eigenvalue weighted by Crippen LogP contribution is 1.82. The molecule has 0 saturated carbocycles. The molecule has 4 N–H and O–H groups in total. The molecule has 1 atom stereocenters. The monoisotopic (exact) mass is 205 g/mol. The van der Waals surface area contributed by atoms with Crippen LogP contribution in [0.15, 0.2) is 0 Å². The van der Waals surface area contributed by atoms with E-state index in [-0.39, 0.29) is 12.2 Å². The molecule has 0 aromatic carbocycles. The van der Waals surface area contributed by atoms with E-state index in [1.165, 1.54) is 6.92 Å². The van der Waals surface area contributed by atoms with E-state index in [1.54, 1.807) is 6.92 Å². The van der Waals surface area contributed by atoms with Crippen molar-refractivity contribution in [3.8, 4) is 0 Å². The Morgan fingerprint density at radius 3 is 1.71 bits per heavy atom. The van der Waals surface area contributed by atoms with Crippen LogP contribution in [0.5, 0.6) is 0 Å². The lowest BCUT2D eigenvalue weighted by atomic mass is 10.2. The largest absolute Gasteiger partial charge is 0.481 e. The molecular formula is C8H15NO5. The van der Waals surface area contributed by atoms with Crippen LogP contribution in [0.25, 0.3) is 0 Å². The van der Waals surface area contributed by atoms with Gasteiger partial charge in [-0.15, -0.1) is 0 Å². The van der Waals surface area contributed by atoms with Gasteiger partial charge >= 0.3 is 11.9 Å². The summed E-state index contributed by atoms with van der Waals surface area (Å²) in [5.41, 5.74) is 5.02. The van der Waals surface area contributed by atoms with Gasteiger partial charge in [-0.05, 0) is 13.3 Å². The first kappa shape index (κ1) is 15.1. The second-order valence-corrected chi connectivity index (χ2v) is 2.63. The van der Waals surface area contributed by atoms with Crippen molar-refractivity contribution >= 4 is 17.7 Å². The number of hydrogen-bond acceptors (Lipinski definition) is 4. The van der Waals surface area contributed by atoms with Crippen LogP contribution in [0.4, 0.5) is 0 Å². The van der Waals surface area contributed by atoms with Crippen molar-refractivity contribution in [2.45, 2.75) is 32.7 Å². The number of Topliss-reactive ketones (excluding diaryl/α,β-unsaturated/α-hetero) is 1. The summed E-state index contributed by atoms with van der Waals surface area (Å²) < 4.78 is 0. The molecule has 0 fully saturated rings. The van der Waals surface area contributed by atoms with E-state index in [0.717, 1.165) is 0 Å². The van der Waals surface area contributed by atoms with Crippen LogP contribution in [0, 0.1) is 0 Å². The molecule has 0 spiro atoms. The summed E-state index contributed by atoms with van der Waals surface area (Å²) in [6.07, 6.45) is 0.134. The molecule has 0 aliphatic heterocycles. The van der Waals surface area contributed by atoms with Gasteiger partial charge in [0.15, 0.2) is 0 Å². The van der Waals surface area contributed by atoms with Crippen molar-refractivity contribution in [3.63, 3.8) is 0 Å². The average Bonchev–Trinajstić information content (AvgIpc) is 2.01. The van der Waals surface area contributed by atoms with Gasteiger partial charge in [0, 0.05) is 0 Å². The Morgan fingerprint density at radius 1 is 1.29 bits per heavy atom. The van der Waals surface area contributed by atoms with Gasteiger partial charge in [-0.1, -0.05) is 6.92 Å². The number of rotatable bonds is 4. The molecular weight excluding hydrogens is 190 g/mol. The zero-order valence-electron chi connectivity index (χ0n) is 8.19. The molecule has 0 radical (unpaired) electrons. The molecule has 0 aliphatic carbocycles. The zero-order valence-corrected chi connectivity index (χ0v) is 8.19. The van der Waals surface area contributed by atoms with E-state index in [2.05, 4.69) is 0 Å². The summed E-state index contributed by atoms with van der Waals surface area (Å²) in [5.74, 6) is -2.30. The minimum Gasteiger partial charge on any atom is -0.481 e. The average molecular weight is 205 g/mol. The second-order valence-electron chi connectivity index (χ2n) is 2.63. The minimum atomic E-state index is -1.06. The van der Waals surface area contributed by atoms with Gasteiger partial charge in [-0.25, -0.2) is 0 Å². The van der Waals surface area contributed by atoms with E-state index < -0.39 is 18.0 Å². The van der Waals surface area contributed by atoms with Crippen LogP contribution < -0.4 is 5.73 Å². The number of carboxylic acid groups (broad SMARTS) is 2. The molecule has 82 valence electrons. The highest BCUT2D eigenvalue weighted by Gasteiger charge is 2.05. The minimum absolute atomic E-state index is 0.312. The predicted octanol–water partition coefficient (Wildman–Crippen LogP) is -0.142. The summed E-state index contributed by atoms with van der Waals surface area (Å²) >= 11 is 0. The first-order valence-electron chi connectivity index (χ1n) is 4.00. The summed E-state index contributed by atoms with van der Waals surface area (Å²) in [5, 5.41) is 15.9. The van der Waals surface area contributed by atoms with Crippen molar-refractivity contribution in [1.82, 2.24) is 0 Å². The molecule has 0 aromatic rings. The normalized spacial score (nSPS) is 10.8. The van der Waals surface area contributed by atoms with E-state index in [0.29, 0.717) is 6.42 Å². The van der Waals surface area contributed by atoms with Crippen LogP contribution in [0.3, 0.4) is 0 Å². The Bertz CT molecular complexity index is 202. The maximum Gasteiger partial charge on any atom is 0.320 e. The van der Waals surface area contributed by atoms with Crippen LogP contribution in [0.2, 0.25) is 0 Å². The van der Waals surface area contributed by atoms with Gasteiger partial charge in [0.05, 0.1) is 0 Å². The molecule has 6 nitrogen and oxygen atoms in total. The lowest BCUT2D eigenvalue weighted by Gasteiger charge is -1.97. The molecule has 1 unspecified atom stereocenters. The first-order chi connectivity index (χ1) is 6.31. The summed E-state index contributed by atoms with van der Waals surface area (Å²) in [6, 6.07) is -0.681. The molecule has 14 heavy (non-hydrogen) atoms. The van der Waals surface area contributed by atoms with Crippen LogP contribution >= 0.6 is 0 Å². The van der Waals surface area contributed by atoms with Crippen LogP contribution in [-0.4, -0.2) is 34.0 Å². The molecule has 6 heteroatoms. The molecule has 0 aromatic heterocycles. The van der Waals surface area contributed by atoms with Crippen molar-refractivity contribution < 1.29 is 24.6 Å². The topological polar surface area (TPSA) is 118 Å². The van der Waals surface area contributed by atoms with Gasteiger partial charge in [-0.2, -0.15) is 0 Å². The first-order valence-corrected chi connectivity index (χ1v) is 4.00. The van der Waals surface area contributed by atoms with Crippen molar-refractivity contribution in [2.24, 2.45) is 5.73 Å². The number of hydrogen-bond donors (Lipinski definition) is 3. The van der Waals surface area contributed by atoms with Crippen molar-refractivity contribution in [3.05, 3.63) is 0 Å². The Hall–Kier alpha value is -1.43. The van der Waals surface area contributed by atoms with E-state index >= 15 is 0 Å². The van der Waals surface area contributed by atoms with E-state index in [9.17, 15) is 14.4 Å². The SMILES string of the molecule is CC(=O)CC(=O)O.CCC(N)C(=O)O. The second kappa shape index (κ2) is 8.18. The number of carboxylic acids is 2. The van der Waals surface area contributed by atoms with E-state index in [1.807, 2.05) is 0 Å². The quantitative estimate of drug-likeness (QED) is 0.550. The fourth-order valence-corrected chi connectivity index (χ4v) is 0.388. The summed E-state index contributed by atoms with van der Waals surface area (Å²) in [7, 11) is 0. The smallest absolute Gasteiger partial charge is 0.320 e. The third-order valence-electron chi connectivity index (χ3n) is 1.16. The van der Waals surface area contributed by atoms with Gasteiger partial charge in [-0.3, -0.25) is 14.4 Å². The van der Waals surface area contributed by atoms with E-state index in [4.69, 9.17) is 15.9 Å². The van der Waals surface area contributed by atoms with Gasteiger partial charge in [0.25, 0.3) is 0 Å². The zero-order chi connectivity index (χ0) is 11.7. The fraction of sp³-hybridized carbons (Fsp3) is 0.625. The molecule has 0 bridgehead atoms. The molecule has 0 saturated heterocycles.